The highest BCUT2D eigenvalue weighted by molar-refractivity contribution is 7.92. The summed E-state index contributed by atoms with van der Waals surface area (Å²) in [7, 11) is -3.82. The Hall–Kier alpha value is -0.990. The molecule has 1 aromatic heterocycles. The summed E-state index contributed by atoms with van der Waals surface area (Å²) in [5, 5.41) is 0.639. The molecule has 1 aromatic rings. The molecule has 17 heavy (non-hydrogen) atoms. The molecule has 0 aliphatic heterocycles. The highest BCUT2D eigenvalue weighted by atomic mass is 32.2. The maximum atomic E-state index is 11.8. The molecule has 0 spiro atoms. The summed E-state index contributed by atoms with van der Waals surface area (Å²) in [6.07, 6.45) is 0. The molecule has 1 N–H and O–H groups in total. The third kappa shape index (κ3) is 3.76. The maximum Gasteiger partial charge on any atom is 0.275 e. The van der Waals surface area contributed by atoms with Crippen molar-refractivity contribution in [1.29, 1.82) is 0 Å². The largest absolute Gasteiger partial charge is 0.372 e. The van der Waals surface area contributed by atoms with E-state index in [9.17, 15) is 13.2 Å². The molecule has 1 heterocycles. The quantitative estimate of drug-likeness (QED) is 0.852. The molecule has 0 unspecified atom stereocenters. The summed E-state index contributed by atoms with van der Waals surface area (Å²) < 4.78 is 30.5. The van der Waals surface area contributed by atoms with Crippen molar-refractivity contribution < 1.29 is 17.9 Å². The van der Waals surface area contributed by atoms with Gasteiger partial charge in [-0.2, -0.15) is 0 Å². The number of hydrogen-bond donors (Lipinski definition) is 1. The second kappa shape index (κ2) is 5.56. The van der Waals surface area contributed by atoms with Crippen molar-refractivity contribution in [2.75, 3.05) is 13.2 Å². The van der Waals surface area contributed by atoms with Crippen LogP contribution in [0, 0.1) is 13.8 Å². The van der Waals surface area contributed by atoms with E-state index < -0.39 is 15.9 Å². The second-order valence-corrected chi connectivity index (χ2v) is 6.35. The first-order chi connectivity index (χ1) is 7.86. The van der Waals surface area contributed by atoms with Crippen LogP contribution in [0.4, 0.5) is 0 Å². The van der Waals surface area contributed by atoms with Gasteiger partial charge in [0.2, 0.25) is 0 Å². The molecule has 0 aliphatic rings. The smallest absolute Gasteiger partial charge is 0.275 e. The summed E-state index contributed by atoms with van der Waals surface area (Å²) in [6.45, 7) is 5.10. The molecule has 0 saturated carbocycles. The van der Waals surface area contributed by atoms with E-state index in [1.165, 1.54) is 0 Å². The van der Waals surface area contributed by atoms with Crippen LogP contribution in [0.15, 0.2) is 4.21 Å². The minimum atomic E-state index is -3.82. The SMILES string of the molecule is CCOCC(=O)NS(=O)(=O)c1sc(C)nc1C. The molecule has 0 saturated heterocycles. The van der Waals surface area contributed by atoms with Crippen LogP contribution in [0.25, 0.3) is 0 Å². The van der Waals surface area contributed by atoms with E-state index >= 15 is 0 Å². The molecule has 0 fully saturated rings. The van der Waals surface area contributed by atoms with Crippen LogP contribution >= 0.6 is 11.3 Å². The number of sulfonamides is 1. The average Bonchev–Trinajstić information content (AvgIpc) is 2.55. The number of rotatable bonds is 5. The fourth-order valence-electron chi connectivity index (χ4n) is 1.18. The van der Waals surface area contributed by atoms with Gasteiger partial charge >= 0.3 is 0 Å². The van der Waals surface area contributed by atoms with Crippen LogP contribution in [-0.2, 0) is 19.6 Å². The molecule has 0 aromatic carbocycles. The average molecular weight is 278 g/mol. The molecule has 0 atom stereocenters. The van der Waals surface area contributed by atoms with E-state index in [4.69, 9.17) is 4.74 Å². The first-order valence-corrected chi connectivity index (χ1v) is 7.24. The van der Waals surface area contributed by atoms with Gasteiger partial charge in [-0.1, -0.05) is 0 Å². The van der Waals surface area contributed by atoms with Crippen LogP contribution in [0.2, 0.25) is 0 Å². The highest BCUT2D eigenvalue weighted by Gasteiger charge is 2.23. The van der Waals surface area contributed by atoms with Gasteiger partial charge in [0, 0.05) is 6.61 Å². The number of carbonyl (C=O) groups excluding carboxylic acids is 1. The number of aromatic nitrogens is 1. The fourth-order valence-corrected chi connectivity index (χ4v) is 3.64. The fraction of sp³-hybridized carbons (Fsp3) is 0.556. The number of carbonyl (C=O) groups is 1. The van der Waals surface area contributed by atoms with E-state index in [0.717, 1.165) is 11.3 Å². The van der Waals surface area contributed by atoms with E-state index in [2.05, 4.69) is 4.98 Å². The number of nitrogens with zero attached hydrogens (tertiary/aromatic N) is 1. The van der Waals surface area contributed by atoms with Gasteiger partial charge in [0.1, 0.15) is 6.61 Å². The number of amides is 1. The Kier molecular flexibility index (Phi) is 4.61. The van der Waals surface area contributed by atoms with Crippen LogP contribution < -0.4 is 4.72 Å². The molecule has 0 aliphatic carbocycles. The summed E-state index contributed by atoms with van der Waals surface area (Å²) in [4.78, 5) is 15.3. The van der Waals surface area contributed by atoms with E-state index in [1.54, 1.807) is 20.8 Å². The van der Waals surface area contributed by atoms with Gasteiger partial charge in [0.05, 0.1) is 10.7 Å². The van der Waals surface area contributed by atoms with Gasteiger partial charge in [-0.05, 0) is 20.8 Å². The van der Waals surface area contributed by atoms with Crippen molar-refractivity contribution in [1.82, 2.24) is 9.71 Å². The second-order valence-electron chi connectivity index (χ2n) is 3.27. The first-order valence-electron chi connectivity index (χ1n) is 4.94. The minimum Gasteiger partial charge on any atom is -0.372 e. The van der Waals surface area contributed by atoms with Gasteiger partial charge in [-0.25, -0.2) is 18.1 Å². The van der Waals surface area contributed by atoms with Crippen LogP contribution in [0.5, 0.6) is 0 Å². The van der Waals surface area contributed by atoms with Crippen LogP contribution in [0.1, 0.15) is 17.6 Å². The predicted octanol–water partition coefficient (Wildman–Crippen LogP) is 0.601. The highest BCUT2D eigenvalue weighted by Crippen LogP contribution is 2.22. The molecular weight excluding hydrogens is 264 g/mol. The molecular formula is C9H14N2O4S2. The lowest BCUT2D eigenvalue weighted by atomic mass is 10.6. The Morgan fingerprint density at radius 3 is 2.59 bits per heavy atom. The van der Waals surface area contributed by atoms with Crippen molar-refractivity contribution in [3.8, 4) is 0 Å². The number of thiazole rings is 1. The Balaban J connectivity index is 2.82. The normalized spacial score (nSPS) is 11.5. The standard InChI is InChI=1S/C9H14N2O4S2/c1-4-15-5-8(12)11-17(13,14)9-6(2)10-7(3)16-9/h4-5H2,1-3H3,(H,11,12). The third-order valence-corrected chi connectivity index (χ3v) is 4.85. The van der Waals surface area contributed by atoms with Gasteiger partial charge < -0.3 is 4.74 Å². The predicted molar refractivity (Wildman–Crippen MR) is 63.4 cm³/mol. The van der Waals surface area contributed by atoms with Gasteiger partial charge in [-0.3, -0.25) is 4.79 Å². The van der Waals surface area contributed by atoms with Crippen LogP contribution in [-0.4, -0.2) is 32.5 Å². The lowest BCUT2D eigenvalue weighted by molar-refractivity contribution is -0.123. The molecule has 0 radical (unpaired) electrons. The van der Waals surface area contributed by atoms with E-state index in [0.29, 0.717) is 17.3 Å². The van der Waals surface area contributed by atoms with Gasteiger partial charge in [0.15, 0.2) is 4.21 Å². The molecule has 0 bridgehead atoms. The van der Waals surface area contributed by atoms with Crippen molar-refractivity contribution in [3.05, 3.63) is 10.7 Å². The van der Waals surface area contributed by atoms with E-state index in [1.807, 2.05) is 4.72 Å². The Morgan fingerprint density at radius 2 is 2.12 bits per heavy atom. The summed E-state index contributed by atoms with van der Waals surface area (Å²) in [6, 6.07) is 0. The van der Waals surface area contributed by atoms with Gasteiger partial charge in [-0.15, -0.1) is 11.3 Å². The molecule has 96 valence electrons. The van der Waals surface area contributed by atoms with Crippen molar-refractivity contribution >= 4 is 27.3 Å². The van der Waals surface area contributed by atoms with Crippen molar-refractivity contribution in [2.45, 2.75) is 25.0 Å². The molecule has 1 amide bonds. The minimum absolute atomic E-state index is 0.0693. The van der Waals surface area contributed by atoms with Crippen LogP contribution in [0.3, 0.4) is 0 Å². The first kappa shape index (κ1) is 14.1. The zero-order valence-electron chi connectivity index (χ0n) is 9.81. The third-order valence-electron chi connectivity index (χ3n) is 1.79. The summed E-state index contributed by atoms with van der Waals surface area (Å²) >= 11 is 1.03. The molecule has 1 rings (SSSR count). The summed E-state index contributed by atoms with van der Waals surface area (Å²) in [5.41, 5.74) is 0.393. The number of aryl methyl sites for hydroxylation is 2. The number of ether oxygens (including phenoxy) is 1. The zero-order valence-corrected chi connectivity index (χ0v) is 11.4. The Labute approximate surface area is 104 Å². The topological polar surface area (TPSA) is 85.4 Å². The monoisotopic (exact) mass is 278 g/mol. The van der Waals surface area contributed by atoms with Crippen molar-refractivity contribution in [3.63, 3.8) is 0 Å². The zero-order chi connectivity index (χ0) is 13.1. The van der Waals surface area contributed by atoms with E-state index in [-0.39, 0.29) is 10.8 Å². The van der Waals surface area contributed by atoms with Gasteiger partial charge in [0.25, 0.3) is 15.9 Å². The molecule has 6 nitrogen and oxygen atoms in total. The molecule has 8 heteroatoms. The number of nitrogens with one attached hydrogen (secondary N) is 1. The summed E-state index contributed by atoms with van der Waals surface area (Å²) in [5.74, 6) is -0.683. The Bertz CT molecular complexity index is 507. The lowest BCUT2D eigenvalue weighted by Crippen LogP contribution is -2.33. The maximum absolute atomic E-state index is 11.8. The number of hydrogen-bond acceptors (Lipinski definition) is 6. The van der Waals surface area contributed by atoms with Crippen molar-refractivity contribution in [2.24, 2.45) is 0 Å². The Morgan fingerprint density at radius 1 is 1.47 bits per heavy atom. The lowest BCUT2D eigenvalue weighted by Gasteiger charge is -2.05.